The van der Waals surface area contributed by atoms with Gasteiger partial charge in [0, 0.05) is 58.2 Å². The first-order chi connectivity index (χ1) is 24.8. The third-order valence-corrected chi connectivity index (χ3v) is 10.5. The fraction of sp³-hybridized carbons (Fsp3) is 0.447. The number of methoxy groups -OCH3 is 1. The lowest BCUT2D eigenvalue weighted by Crippen LogP contribution is -2.45. The van der Waals surface area contributed by atoms with Crippen molar-refractivity contribution in [1.29, 1.82) is 0 Å². The highest BCUT2D eigenvalue weighted by Gasteiger charge is 2.28. The standard InChI is InChI=1S/C38H43ClN4O7S/c1-25-27(13-14-29(35(25)39)47-22-19-43-17-15-42(2)16-18-43)33-31(11-8-20-46-3)51-37-34(33)36(40-24-41-37)50-30(38(44)45)23-26-9-4-5-10-28(26)49-32-12-6-7-21-48-32/h4-5,9-10,13-14,24,30,32H,6-7,12,15-23H2,1-3H3,(H,44,45)/t30-,32?/m1/s1. The number of para-hydroxylation sites is 1. The molecule has 0 amide bonds. The summed E-state index contributed by atoms with van der Waals surface area (Å²) in [7, 11) is 3.72. The zero-order valence-corrected chi connectivity index (χ0v) is 30.7. The molecule has 0 bridgehead atoms. The Kier molecular flexibility index (Phi) is 12.6. The number of benzene rings is 2. The van der Waals surface area contributed by atoms with Crippen molar-refractivity contribution in [2.24, 2.45) is 0 Å². The van der Waals surface area contributed by atoms with Crippen LogP contribution in [-0.2, 0) is 20.7 Å². The zero-order chi connectivity index (χ0) is 35.7. The number of halogens is 1. The van der Waals surface area contributed by atoms with Crippen LogP contribution in [0.15, 0.2) is 42.7 Å². The average Bonchev–Trinajstić information content (AvgIpc) is 3.51. The number of likely N-dealkylation sites (N-methyl/N-ethyl adjacent to an activating group) is 1. The molecule has 51 heavy (non-hydrogen) atoms. The van der Waals surface area contributed by atoms with E-state index in [2.05, 4.69) is 38.7 Å². The van der Waals surface area contributed by atoms with Crippen molar-refractivity contribution >= 4 is 39.1 Å². The van der Waals surface area contributed by atoms with Crippen LogP contribution in [-0.4, -0.2) is 110 Å². The Hall–Kier alpha value is -3.96. The molecule has 2 aliphatic rings. The van der Waals surface area contributed by atoms with E-state index >= 15 is 0 Å². The number of carboxylic acids is 1. The molecule has 0 aliphatic carbocycles. The van der Waals surface area contributed by atoms with Crippen LogP contribution in [0.1, 0.15) is 35.3 Å². The fourth-order valence-electron chi connectivity index (χ4n) is 6.18. The summed E-state index contributed by atoms with van der Waals surface area (Å²) in [4.78, 5) is 27.7. The molecule has 11 nitrogen and oxygen atoms in total. The van der Waals surface area contributed by atoms with Crippen LogP contribution >= 0.6 is 22.9 Å². The number of aromatic nitrogens is 2. The van der Waals surface area contributed by atoms with Gasteiger partial charge in [-0.15, -0.1) is 11.3 Å². The monoisotopic (exact) mass is 734 g/mol. The molecule has 4 heterocycles. The third-order valence-electron chi connectivity index (χ3n) is 9.06. The van der Waals surface area contributed by atoms with Crippen molar-refractivity contribution in [3.8, 4) is 40.3 Å². The Morgan fingerprint density at radius 3 is 2.73 bits per heavy atom. The van der Waals surface area contributed by atoms with E-state index in [1.54, 1.807) is 7.11 Å². The lowest BCUT2D eigenvalue weighted by molar-refractivity contribution is -0.145. The molecule has 6 rings (SSSR count). The van der Waals surface area contributed by atoms with Gasteiger partial charge in [-0.3, -0.25) is 4.90 Å². The van der Waals surface area contributed by atoms with Crippen LogP contribution in [0.5, 0.6) is 17.4 Å². The number of carboxylic acid groups (broad SMARTS) is 1. The second-order valence-electron chi connectivity index (χ2n) is 12.6. The van der Waals surface area contributed by atoms with Crippen molar-refractivity contribution in [2.45, 2.75) is 45.0 Å². The molecular weight excluding hydrogens is 692 g/mol. The van der Waals surface area contributed by atoms with Crippen molar-refractivity contribution in [1.82, 2.24) is 19.8 Å². The molecule has 1 N–H and O–H groups in total. The lowest BCUT2D eigenvalue weighted by Gasteiger charge is -2.32. The van der Waals surface area contributed by atoms with Crippen LogP contribution < -0.4 is 14.2 Å². The highest BCUT2D eigenvalue weighted by Crippen LogP contribution is 2.45. The van der Waals surface area contributed by atoms with Gasteiger partial charge < -0.3 is 33.7 Å². The van der Waals surface area contributed by atoms with Crippen molar-refractivity contribution < 1.29 is 33.6 Å². The Balaban J connectivity index is 1.31. The number of ether oxygens (including phenoxy) is 5. The zero-order valence-electron chi connectivity index (χ0n) is 29.2. The predicted octanol–water partition coefficient (Wildman–Crippen LogP) is 5.92. The lowest BCUT2D eigenvalue weighted by atomic mass is 9.98. The van der Waals surface area contributed by atoms with Crippen molar-refractivity contribution in [3.63, 3.8) is 0 Å². The van der Waals surface area contributed by atoms with E-state index in [1.807, 2.05) is 43.3 Å². The molecule has 2 aromatic heterocycles. The summed E-state index contributed by atoms with van der Waals surface area (Å²) >= 11 is 8.34. The Morgan fingerprint density at radius 2 is 1.96 bits per heavy atom. The van der Waals surface area contributed by atoms with E-state index in [1.165, 1.54) is 17.7 Å². The van der Waals surface area contributed by atoms with Gasteiger partial charge in [-0.2, -0.15) is 0 Å². The summed E-state index contributed by atoms with van der Waals surface area (Å²) in [5.74, 6) is 6.42. The molecule has 4 aromatic rings. The largest absolute Gasteiger partial charge is 0.491 e. The van der Waals surface area contributed by atoms with Gasteiger partial charge in [0.15, 0.2) is 6.29 Å². The van der Waals surface area contributed by atoms with Gasteiger partial charge in [-0.05, 0) is 55.6 Å². The molecule has 2 saturated heterocycles. The Morgan fingerprint density at radius 1 is 1.14 bits per heavy atom. The highest BCUT2D eigenvalue weighted by molar-refractivity contribution is 7.19. The molecule has 0 saturated carbocycles. The summed E-state index contributed by atoms with van der Waals surface area (Å²) in [5.41, 5.74) is 2.97. The first-order valence-electron chi connectivity index (χ1n) is 17.2. The average molecular weight is 735 g/mol. The summed E-state index contributed by atoms with van der Waals surface area (Å²) < 4.78 is 29.6. The Bertz CT molecular complexity index is 1880. The molecular formula is C38H43ClN4O7S. The van der Waals surface area contributed by atoms with Crippen LogP contribution in [0.25, 0.3) is 21.3 Å². The fourth-order valence-corrected chi connectivity index (χ4v) is 7.42. The number of nitrogens with zero attached hydrogens (tertiary/aromatic N) is 4. The Labute approximate surface area is 307 Å². The molecule has 2 fully saturated rings. The minimum absolute atomic E-state index is 0.0364. The van der Waals surface area contributed by atoms with Crippen LogP contribution in [0.4, 0.5) is 0 Å². The third kappa shape index (κ3) is 9.10. The molecule has 1 unspecified atom stereocenters. The van der Waals surface area contributed by atoms with Crippen LogP contribution in [0.2, 0.25) is 5.02 Å². The molecule has 2 aromatic carbocycles. The molecule has 13 heteroatoms. The molecule has 0 spiro atoms. The summed E-state index contributed by atoms with van der Waals surface area (Å²) in [6, 6.07) is 11.2. The molecule has 2 aliphatic heterocycles. The van der Waals surface area contributed by atoms with E-state index in [-0.39, 0.29) is 25.2 Å². The second kappa shape index (κ2) is 17.5. The minimum atomic E-state index is -1.28. The SMILES string of the molecule is COCC#Cc1sc2ncnc(O[C@H](Cc3ccccc3OC3CCCCO3)C(=O)O)c2c1-c1ccc(OCCN2CCN(C)CC2)c(Cl)c1C. The summed E-state index contributed by atoms with van der Waals surface area (Å²) in [6.45, 7) is 8.22. The summed E-state index contributed by atoms with van der Waals surface area (Å²) in [5, 5.41) is 11.4. The predicted molar refractivity (Wildman–Crippen MR) is 197 cm³/mol. The quantitative estimate of drug-likeness (QED) is 0.165. The first-order valence-corrected chi connectivity index (χ1v) is 18.4. The number of piperazine rings is 1. The number of aliphatic carboxylic acids is 1. The first kappa shape index (κ1) is 36.8. The van der Waals surface area contributed by atoms with Crippen LogP contribution in [0.3, 0.4) is 0 Å². The molecule has 2 atom stereocenters. The van der Waals surface area contributed by atoms with Gasteiger partial charge in [-0.25, -0.2) is 14.8 Å². The van der Waals surface area contributed by atoms with Gasteiger partial charge in [0.1, 0.15) is 35.9 Å². The van der Waals surface area contributed by atoms with E-state index in [0.29, 0.717) is 56.0 Å². The topological polar surface area (TPSA) is 116 Å². The number of hydrogen-bond donors (Lipinski definition) is 1. The number of thiophene rings is 1. The van der Waals surface area contributed by atoms with Gasteiger partial charge in [0.2, 0.25) is 12.0 Å². The smallest absolute Gasteiger partial charge is 0.345 e. The van der Waals surface area contributed by atoms with E-state index in [0.717, 1.165) is 63.1 Å². The minimum Gasteiger partial charge on any atom is -0.491 e. The van der Waals surface area contributed by atoms with E-state index < -0.39 is 12.1 Å². The number of hydrogen-bond acceptors (Lipinski definition) is 11. The second-order valence-corrected chi connectivity index (χ2v) is 14.0. The molecule has 0 radical (unpaired) electrons. The van der Waals surface area contributed by atoms with Gasteiger partial charge in [0.05, 0.1) is 21.9 Å². The van der Waals surface area contributed by atoms with E-state index in [4.69, 9.17) is 35.3 Å². The number of carbonyl (C=O) groups is 1. The maximum Gasteiger partial charge on any atom is 0.345 e. The number of fused-ring (bicyclic) bond motifs is 1. The highest BCUT2D eigenvalue weighted by atomic mass is 35.5. The maximum absolute atomic E-state index is 12.7. The van der Waals surface area contributed by atoms with Crippen molar-refractivity contribution in [2.75, 3.05) is 66.7 Å². The normalized spacial score (nSPS) is 17.5. The van der Waals surface area contributed by atoms with Gasteiger partial charge in [-0.1, -0.05) is 47.7 Å². The molecule has 270 valence electrons. The summed E-state index contributed by atoms with van der Waals surface area (Å²) in [6.07, 6.45) is 2.53. The van der Waals surface area contributed by atoms with Crippen LogP contribution in [0, 0.1) is 18.8 Å². The van der Waals surface area contributed by atoms with Gasteiger partial charge >= 0.3 is 5.97 Å². The van der Waals surface area contributed by atoms with E-state index in [9.17, 15) is 9.90 Å². The maximum atomic E-state index is 12.7. The number of rotatable bonds is 13. The van der Waals surface area contributed by atoms with Gasteiger partial charge in [0.25, 0.3) is 0 Å². The van der Waals surface area contributed by atoms with Crippen molar-refractivity contribution in [3.05, 3.63) is 63.8 Å².